The van der Waals surface area contributed by atoms with Gasteiger partial charge in [0.2, 0.25) is 5.91 Å². The molecule has 116 valence electrons. The number of aromatic nitrogens is 1. The van der Waals surface area contributed by atoms with E-state index in [0.717, 1.165) is 0 Å². The van der Waals surface area contributed by atoms with Gasteiger partial charge in [0.1, 0.15) is 11.1 Å². The smallest absolute Gasteiger partial charge is 0.257 e. The van der Waals surface area contributed by atoms with E-state index in [2.05, 4.69) is 16.4 Å². The number of halogens is 1. The van der Waals surface area contributed by atoms with Gasteiger partial charge in [0.05, 0.1) is 11.8 Å². The molecular formula is C15H16ClN3O2S. The number of oxazole rings is 1. The zero-order valence-electron chi connectivity index (χ0n) is 12.5. The van der Waals surface area contributed by atoms with Crippen LogP contribution in [-0.4, -0.2) is 22.2 Å². The van der Waals surface area contributed by atoms with Crippen LogP contribution in [0.2, 0.25) is 5.02 Å². The normalized spacial score (nSPS) is 13.8. The van der Waals surface area contributed by atoms with Gasteiger partial charge in [0.25, 0.3) is 5.22 Å². The van der Waals surface area contributed by atoms with Crippen LogP contribution in [0.1, 0.15) is 20.8 Å². The van der Waals surface area contributed by atoms with E-state index in [9.17, 15) is 10.1 Å². The predicted octanol–water partition coefficient (Wildman–Crippen LogP) is 3.63. The molecule has 2 rings (SSSR count). The highest BCUT2D eigenvalue weighted by atomic mass is 35.5. The molecule has 0 aliphatic rings. The maximum absolute atomic E-state index is 12.0. The van der Waals surface area contributed by atoms with Gasteiger partial charge in [-0.1, -0.05) is 37.2 Å². The van der Waals surface area contributed by atoms with E-state index in [0.29, 0.717) is 21.3 Å². The Kier molecular flexibility index (Phi) is 4.99. The van der Waals surface area contributed by atoms with E-state index in [-0.39, 0.29) is 17.6 Å². The summed E-state index contributed by atoms with van der Waals surface area (Å²) in [7, 11) is 0. The van der Waals surface area contributed by atoms with E-state index >= 15 is 0 Å². The lowest BCUT2D eigenvalue weighted by Gasteiger charge is -2.27. The topological polar surface area (TPSA) is 78.9 Å². The Balaban J connectivity index is 1.99. The Labute approximate surface area is 138 Å². The van der Waals surface area contributed by atoms with Crippen LogP contribution in [0.5, 0.6) is 0 Å². The van der Waals surface area contributed by atoms with Gasteiger partial charge < -0.3 is 9.73 Å². The molecule has 0 spiro atoms. The summed E-state index contributed by atoms with van der Waals surface area (Å²) in [6, 6.07) is 7.31. The van der Waals surface area contributed by atoms with Gasteiger partial charge in [0, 0.05) is 11.1 Å². The summed E-state index contributed by atoms with van der Waals surface area (Å²) < 4.78 is 5.53. The summed E-state index contributed by atoms with van der Waals surface area (Å²) in [5.74, 6) is -0.0918. The van der Waals surface area contributed by atoms with Crippen LogP contribution in [0.4, 0.5) is 0 Å². The maximum atomic E-state index is 12.0. The van der Waals surface area contributed by atoms with E-state index in [4.69, 9.17) is 16.0 Å². The molecule has 0 unspecified atom stereocenters. The first-order valence-corrected chi connectivity index (χ1v) is 8.11. The first kappa shape index (κ1) is 16.7. The summed E-state index contributed by atoms with van der Waals surface area (Å²) in [5.41, 5.74) is 0.391. The molecule has 22 heavy (non-hydrogen) atoms. The van der Waals surface area contributed by atoms with Gasteiger partial charge in [0.15, 0.2) is 5.58 Å². The van der Waals surface area contributed by atoms with Crippen molar-refractivity contribution in [2.45, 2.75) is 31.5 Å². The molecule has 0 aliphatic carbocycles. The number of nitriles is 1. The fourth-order valence-corrected chi connectivity index (χ4v) is 2.49. The van der Waals surface area contributed by atoms with Crippen LogP contribution in [0.25, 0.3) is 11.1 Å². The van der Waals surface area contributed by atoms with E-state index in [1.807, 2.05) is 13.8 Å². The zero-order chi connectivity index (χ0) is 16.3. The Morgan fingerprint density at radius 3 is 2.95 bits per heavy atom. The van der Waals surface area contributed by atoms with Crippen LogP contribution in [0.15, 0.2) is 27.8 Å². The largest absolute Gasteiger partial charge is 0.431 e. The summed E-state index contributed by atoms with van der Waals surface area (Å²) in [6.45, 7) is 5.49. The molecule has 0 radical (unpaired) electrons. The van der Waals surface area contributed by atoms with Crippen LogP contribution < -0.4 is 5.32 Å². The van der Waals surface area contributed by atoms with E-state index in [1.54, 1.807) is 25.1 Å². The lowest BCUT2D eigenvalue weighted by molar-refractivity contribution is -0.120. The SMILES string of the molecule is CC(C)[C@@](C)(C#N)NC(=O)CSc1nc2ccc(Cl)cc2o1. The van der Waals surface area contributed by atoms with Crippen LogP contribution >= 0.6 is 23.4 Å². The molecular weight excluding hydrogens is 322 g/mol. The summed E-state index contributed by atoms with van der Waals surface area (Å²) >= 11 is 7.07. The van der Waals surface area contributed by atoms with Gasteiger partial charge in [-0.2, -0.15) is 5.26 Å². The van der Waals surface area contributed by atoms with Crippen LogP contribution in [-0.2, 0) is 4.79 Å². The highest BCUT2D eigenvalue weighted by molar-refractivity contribution is 7.99. The van der Waals surface area contributed by atoms with Crippen molar-refractivity contribution in [2.75, 3.05) is 5.75 Å². The second-order valence-corrected chi connectivity index (χ2v) is 6.76. The molecule has 1 heterocycles. The average molecular weight is 338 g/mol. The number of rotatable bonds is 5. The quantitative estimate of drug-likeness (QED) is 0.843. The summed E-state index contributed by atoms with van der Waals surface area (Å²) in [5, 5.41) is 12.9. The molecule has 2 aromatic rings. The number of hydrogen-bond acceptors (Lipinski definition) is 5. The highest BCUT2D eigenvalue weighted by Crippen LogP contribution is 2.25. The third-order valence-electron chi connectivity index (χ3n) is 3.44. The zero-order valence-corrected chi connectivity index (χ0v) is 14.1. The van der Waals surface area contributed by atoms with Crippen molar-refractivity contribution in [1.29, 1.82) is 5.26 Å². The first-order chi connectivity index (χ1) is 10.3. The predicted molar refractivity (Wildman–Crippen MR) is 86.7 cm³/mol. The number of carbonyl (C=O) groups excluding carboxylic acids is 1. The minimum Gasteiger partial charge on any atom is -0.431 e. The van der Waals surface area contributed by atoms with Gasteiger partial charge >= 0.3 is 0 Å². The fourth-order valence-electron chi connectivity index (χ4n) is 1.69. The molecule has 7 heteroatoms. The van der Waals surface area contributed by atoms with E-state index in [1.165, 1.54) is 11.8 Å². The first-order valence-electron chi connectivity index (χ1n) is 6.75. The molecule has 0 aliphatic heterocycles. The molecule has 1 atom stereocenters. The Hall–Kier alpha value is -1.71. The number of amides is 1. The number of benzene rings is 1. The maximum Gasteiger partial charge on any atom is 0.257 e. The summed E-state index contributed by atoms with van der Waals surface area (Å²) in [4.78, 5) is 16.3. The number of nitrogens with one attached hydrogen (secondary N) is 1. The molecule has 1 aromatic heterocycles. The van der Waals surface area contributed by atoms with Crippen LogP contribution in [0, 0.1) is 17.2 Å². The average Bonchev–Trinajstić information content (AvgIpc) is 2.86. The van der Waals surface area contributed by atoms with Crippen molar-refractivity contribution in [1.82, 2.24) is 10.3 Å². The number of nitrogens with zero attached hydrogens (tertiary/aromatic N) is 2. The highest BCUT2D eigenvalue weighted by Gasteiger charge is 2.29. The lowest BCUT2D eigenvalue weighted by atomic mass is 9.90. The van der Waals surface area contributed by atoms with Crippen molar-refractivity contribution >= 4 is 40.4 Å². The number of hydrogen-bond donors (Lipinski definition) is 1. The monoisotopic (exact) mass is 337 g/mol. The Morgan fingerprint density at radius 1 is 1.59 bits per heavy atom. The van der Waals surface area contributed by atoms with Crippen LogP contribution in [0.3, 0.4) is 0 Å². The van der Waals surface area contributed by atoms with Crippen molar-refractivity contribution in [3.05, 3.63) is 23.2 Å². The van der Waals surface area contributed by atoms with Crippen molar-refractivity contribution in [3.8, 4) is 6.07 Å². The van der Waals surface area contributed by atoms with E-state index < -0.39 is 5.54 Å². The minimum absolute atomic E-state index is 0.0120. The molecule has 0 fully saturated rings. The molecule has 1 aromatic carbocycles. The second kappa shape index (κ2) is 6.59. The van der Waals surface area contributed by atoms with Crippen molar-refractivity contribution in [2.24, 2.45) is 5.92 Å². The fraction of sp³-hybridized carbons (Fsp3) is 0.400. The lowest BCUT2D eigenvalue weighted by Crippen LogP contribution is -2.49. The number of fused-ring (bicyclic) bond motifs is 1. The second-order valence-electron chi connectivity index (χ2n) is 5.40. The molecule has 1 N–H and O–H groups in total. The van der Waals surface area contributed by atoms with Gasteiger partial charge in [-0.25, -0.2) is 4.98 Å². The van der Waals surface area contributed by atoms with Gasteiger partial charge in [-0.3, -0.25) is 4.79 Å². The molecule has 5 nitrogen and oxygen atoms in total. The third kappa shape index (κ3) is 3.73. The van der Waals surface area contributed by atoms with Crippen molar-refractivity contribution < 1.29 is 9.21 Å². The molecule has 0 bridgehead atoms. The number of carbonyl (C=O) groups is 1. The number of thioether (sulfide) groups is 1. The van der Waals surface area contributed by atoms with Crippen molar-refractivity contribution in [3.63, 3.8) is 0 Å². The van der Waals surface area contributed by atoms with Gasteiger partial charge in [-0.05, 0) is 25.0 Å². The summed E-state index contributed by atoms with van der Waals surface area (Å²) in [6.07, 6.45) is 0. The minimum atomic E-state index is -0.882. The molecule has 0 saturated carbocycles. The third-order valence-corrected chi connectivity index (χ3v) is 4.51. The standard InChI is InChI=1S/C15H16ClN3O2S/c1-9(2)15(3,8-17)19-13(20)7-22-14-18-11-5-4-10(16)6-12(11)21-14/h4-6,9H,7H2,1-3H3,(H,19,20)/t15-/m1/s1. The Bertz CT molecular complexity index is 738. The Morgan fingerprint density at radius 2 is 2.32 bits per heavy atom. The molecule has 1 amide bonds. The molecule has 0 saturated heterocycles. The van der Waals surface area contributed by atoms with Gasteiger partial charge in [-0.15, -0.1) is 0 Å².